The van der Waals surface area contributed by atoms with Crippen molar-refractivity contribution in [2.45, 2.75) is 0 Å². The molecular formula is C15H9Cl2FN4S. The average molecular weight is 367 g/mol. The van der Waals surface area contributed by atoms with Crippen molar-refractivity contribution in [1.29, 1.82) is 0 Å². The summed E-state index contributed by atoms with van der Waals surface area (Å²) in [6, 6.07) is 11.5. The minimum atomic E-state index is -0.476. The van der Waals surface area contributed by atoms with E-state index in [4.69, 9.17) is 35.4 Å². The van der Waals surface area contributed by atoms with Crippen molar-refractivity contribution >= 4 is 41.6 Å². The SMILES string of the molecule is Fc1cccc(Cl)c1/C=N\n1c(-c2ccccc2Cl)n[nH]c1=S. The second-order valence-corrected chi connectivity index (χ2v) is 5.73. The van der Waals surface area contributed by atoms with Crippen LogP contribution >= 0.6 is 35.4 Å². The summed E-state index contributed by atoms with van der Waals surface area (Å²) in [4.78, 5) is 0. The highest BCUT2D eigenvalue weighted by atomic mass is 35.5. The molecule has 0 bridgehead atoms. The van der Waals surface area contributed by atoms with E-state index in [1.807, 2.05) is 6.07 Å². The molecule has 0 saturated heterocycles. The van der Waals surface area contributed by atoms with Gasteiger partial charge in [-0.1, -0.05) is 41.4 Å². The summed E-state index contributed by atoms with van der Waals surface area (Å²) in [5.74, 6) is -0.0557. The number of hydrogen-bond donors (Lipinski definition) is 1. The standard InChI is InChI=1S/C15H9Cl2FN4S/c16-11-5-2-1-4-9(11)14-20-21-15(23)22(14)19-8-10-12(17)6-3-7-13(10)18/h1-8H,(H,21,23)/b19-8-. The van der Waals surface area contributed by atoms with Crippen molar-refractivity contribution in [3.8, 4) is 11.4 Å². The van der Waals surface area contributed by atoms with Gasteiger partial charge in [0, 0.05) is 11.1 Å². The normalized spacial score (nSPS) is 11.3. The van der Waals surface area contributed by atoms with Crippen LogP contribution < -0.4 is 0 Å². The predicted octanol–water partition coefficient (Wildman–Crippen LogP) is 4.94. The molecule has 0 aliphatic rings. The molecule has 8 heteroatoms. The highest BCUT2D eigenvalue weighted by molar-refractivity contribution is 7.71. The van der Waals surface area contributed by atoms with E-state index < -0.39 is 5.82 Å². The first-order valence-electron chi connectivity index (χ1n) is 6.48. The highest BCUT2D eigenvalue weighted by Gasteiger charge is 2.11. The highest BCUT2D eigenvalue weighted by Crippen LogP contribution is 2.26. The van der Waals surface area contributed by atoms with Gasteiger partial charge in [-0.05, 0) is 36.5 Å². The quantitative estimate of drug-likeness (QED) is 0.527. The van der Waals surface area contributed by atoms with Crippen LogP contribution in [0.5, 0.6) is 0 Å². The molecule has 0 unspecified atom stereocenters. The van der Waals surface area contributed by atoms with E-state index in [1.54, 1.807) is 24.3 Å². The van der Waals surface area contributed by atoms with Crippen LogP contribution in [0, 0.1) is 10.6 Å². The van der Waals surface area contributed by atoms with Crippen LogP contribution in [0.3, 0.4) is 0 Å². The summed E-state index contributed by atoms with van der Waals surface area (Å²) in [5.41, 5.74) is 0.820. The summed E-state index contributed by atoms with van der Waals surface area (Å²) >= 11 is 17.3. The molecule has 4 nitrogen and oxygen atoms in total. The number of rotatable bonds is 3. The lowest BCUT2D eigenvalue weighted by molar-refractivity contribution is 0.625. The van der Waals surface area contributed by atoms with Gasteiger partial charge in [0.15, 0.2) is 5.82 Å². The first kappa shape index (κ1) is 15.9. The monoisotopic (exact) mass is 366 g/mol. The molecule has 116 valence electrons. The minimum absolute atomic E-state index is 0.169. The van der Waals surface area contributed by atoms with Gasteiger partial charge in [-0.15, -0.1) is 0 Å². The molecule has 0 spiro atoms. The fraction of sp³-hybridized carbons (Fsp3) is 0. The second kappa shape index (κ2) is 6.62. The molecule has 0 radical (unpaired) electrons. The minimum Gasteiger partial charge on any atom is -0.250 e. The molecular weight excluding hydrogens is 358 g/mol. The average Bonchev–Trinajstić information content (AvgIpc) is 2.88. The van der Waals surface area contributed by atoms with Crippen LogP contribution in [0.25, 0.3) is 11.4 Å². The molecule has 0 fully saturated rings. The molecule has 0 aliphatic heterocycles. The van der Waals surface area contributed by atoms with Crippen LogP contribution in [0.1, 0.15) is 5.56 Å². The maximum atomic E-state index is 13.8. The number of hydrogen-bond acceptors (Lipinski definition) is 3. The van der Waals surface area contributed by atoms with Crippen LogP contribution in [-0.4, -0.2) is 21.1 Å². The van der Waals surface area contributed by atoms with Crippen molar-refractivity contribution < 1.29 is 4.39 Å². The van der Waals surface area contributed by atoms with E-state index in [0.717, 1.165) is 0 Å². The second-order valence-electron chi connectivity index (χ2n) is 4.52. The van der Waals surface area contributed by atoms with Crippen molar-refractivity contribution in [2.75, 3.05) is 0 Å². The Kier molecular flexibility index (Phi) is 4.56. The van der Waals surface area contributed by atoms with Gasteiger partial charge in [0.2, 0.25) is 4.77 Å². The van der Waals surface area contributed by atoms with Gasteiger partial charge in [0.25, 0.3) is 0 Å². The van der Waals surface area contributed by atoms with Gasteiger partial charge in [0.1, 0.15) is 5.82 Å². The number of aromatic amines is 1. The molecule has 1 N–H and O–H groups in total. The molecule has 0 saturated carbocycles. The Morgan fingerprint density at radius 2 is 1.87 bits per heavy atom. The first-order chi connectivity index (χ1) is 11.1. The zero-order valence-corrected chi connectivity index (χ0v) is 13.8. The van der Waals surface area contributed by atoms with E-state index in [0.29, 0.717) is 16.4 Å². The Labute approximate surface area is 146 Å². The van der Waals surface area contributed by atoms with Crippen molar-refractivity contribution in [3.05, 3.63) is 68.7 Å². The Hall–Kier alpha value is -2.02. The Bertz CT molecular complexity index is 928. The van der Waals surface area contributed by atoms with Gasteiger partial charge >= 0.3 is 0 Å². The summed E-state index contributed by atoms with van der Waals surface area (Å²) in [7, 11) is 0. The molecule has 0 atom stereocenters. The molecule has 2 aromatic carbocycles. The van der Waals surface area contributed by atoms with Crippen molar-refractivity contribution in [2.24, 2.45) is 5.10 Å². The molecule has 0 aliphatic carbocycles. The maximum absolute atomic E-state index is 13.8. The maximum Gasteiger partial charge on any atom is 0.216 e. The third-order valence-electron chi connectivity index (χ3n) is 3.07. The summed E-state index contributed by atoms with van der Waals surface area (Å²) in [6.07, 6.45) is 1.29. The van der Waals surface area contributed by atoms with Crippen LogP contribution in [0.4, 0.5) is 4.39 Å². The van der Waals surface area contributed by atoms with Crippen LogP contribution in [0.15, 0.2) is 47.6 Å². The molecule has 0 amide bonds. The van der Waals surface area contributed by atoms with Crippen LogP contribution in [0.2, 0.25) is 10.0 Å². The number of benzene rings is 2. The molecule has 23 heavy (non-hydrogen) atoms. The van der Waals surface area contributed by atoms with Gasteiger partial charge < -0.3 is 0 Å². The van der Waals surface area contributed by atoms with Crippen molar-refractivity contribution in [1.82, 2.24) is 14.9 Å². The van der Waals surface area contributed by atoms with E-state index in [2.05, 4.69) is 15.3 Å². The van der Waals surface area contributed by atoms with Gasteiger partial charge in [-0.25, -0.2) is 9.49 Å². The first-order valence-corrected chi connectivity index (χ1v) is 7.65. The topological polar surface area (TPSA) is 46.0 Å². The largest absolute Gasteiger partial charge is 0.250 e. The zero-order valence-electron chi connectivity index (χ0n) is 11.5. The van der Waals surface area contributed by atoms with Gasteiger partial charge in [0.05, 0.1) is 16.3 Å². The third kappa shape index (κ3) is 3.19. The number of nitrogens with zero attached hydrogens (tertiary/aromatic N) is 3. The van der Waals surface area contributed by atoms with Gasteiger partial charge in [-0.3, -0.25) is 0 Å². The van der Waals surface area contributed by atoms with Crippen LogP contribution in [-0.2, 0) is 0 Å². The molecule has 3 rings (SSSR count). The number of halogens is 3. The zero-order chi connectivity index (χ0) is 16.4. The Morgan fingerprint density at radius 3 is 2.61 bits per heavy atom. The van der Waals surface area contributed by atoms with E-state index in [1.165, 1.54) is 23.0 Å². The van der Waals surface area contributed by atoms with Gasteiger partial charge in [-0.2, -0.15) is 14.9 Å². The lowest BCUT2D eigenvalue weighted by atomic mass is 10.2. The Balaban J connectivity index is 2.09. The molecule has 3 aromatic rings. The van der Waals surface area contributed by atoms with E-state index >= 15 is 0 Å². The lowest BCUT2D eigenvalue weighted by Crippen LogP contribution is -1.97. The predicted molar refractivity (Wildman–Crippen MR) is 92.3 cm³/mol. The van der Waals surface area contributed by atoms with E-state index in [-0.39, 0.29) is 15.4 Å². The summed E-state index contributed by atoms with van der Waals surface area (Å²) in [5, 5.41) is 11.7. The van der Waals surface area contributed by atoms with E-state index in [9.17, 15) is 4.39 Å². The fourth-order valence-electron chi connectivity index (χ4n) is 1.97. The number of nitrogens with one attached hydrogen (secondary N) is 1. The van der Waals surface area contributed by atoms with Crippen molar-refractivity contribution in [3.63, 3.8) is 0 Å². The summed E-state index contributed by atoms with van der Waals surface area (Å²) in [6.45, 7) is 0. The third-order valence-corrected chi connectivity index (χ3v) is 3.99. The number of H-pyrrole nitrogens is 1. The number of aromatic nitrogens is 3. The smallest absolute Gasteiger partial charge is 0.216 e. The fourth-order valence-corrected chi connectivity index (χ4v) is 2.58. The molecule has 1 heterocycles. The summed E-state index contributed by atoms with van der Waals surface area (Å²) < 4.78 is 15.4. The Morgan fingerprint density at radius 1 is 1.13 bits per heavy atom. The lowest BCUT2D eigenvalue weighted by Gasteiger charge is -2.03. The molecule has 1 aromatic heterocycles.